The second-order valence-corrected chi connectivity index (χ2v) is 3.97. The summed E-state index contributed by atoms with van der Waals surface area (Å²) in [5, 5.41) is 11.9. The Morgan fingerprint density at radius 3 is 1.95 bits per heavy atom. The molecule has 0 spiro atoms. The van der Waals surface area contributed by atoms with Gasteiger partial charge in [0.15, 0.2) is 11.5 Å². The number of allylic oxidation sites excluding steroid dienone is 1. The third-order valence-electron chi connectivity index (χ3n) is 2.79. The maximum Gasteiger partial charge on any atom is 0.203 e. The summed E-state index contributed by atoms with van der Waals surface area (Å²) in [6.07, 6.45) is 1.87. The first-order valence-corrected chi connectivity index (χ1v) is 5.74. The number of rotatable bonds is 5. The molecule has 0 aliphatic carbocycles. The summed E-state index contributed by atoms with van der Waals surface area (Å²) in [4.78, 5) is 0. The standard InChI is InChI=1S/C14H19NO4/c1-9(10(2)15-16)6-11-7-12(17-3)14(19-5)13(8-11)18-4/h6-8,16H,1-5H3/b9-6-,15-10+. The Labute approximate surface area is 113 Å². The van der Waals surface area contributed by atoms with E-state index in [2.05, 4.69) is 5.16 Å². The van der Waals surface area contributed by atoms with Crippen LogP contribution in [0.15, 0.2) is 22.9 Å². The zero-order valence-electron chi connectivity index (χ0n) is 11.9. The Balaban J connectivity index is 3.31. The molecule has 1 N–H and O–H groups in total. The fourth-order valence-electron chi connectivity index (χ4n) is 1.62. The van der Waals surface area contributed by atoms with Gasteiger partial charge >= 0.3 is 0 Å². The van der Waals surface area contributed by atoms with Crippen molar-refractivity contribution in [1.82, 2.24) is 0 Å². The van der Waals surface area contributed by atoms with E-state index in [0.29, 0.717) is 23.0 Å². The largest absolute Gasteiger partial charge is 0.493 e. The predicted molar refractivity (Wildman–Crippen MR) is 74.6 cm³/mol. The molecule has 19 heavy (non-hydrogen) atoms. The van der Waals surface area contributed by atoms with Gasteiger partial charge in [-0.3, -0.25) is 0 Å². The Morgan fingerprint density at radius 1 is 1.05 bits per heavy atom. The summed E-state index contributed by atoms with van der Waals surface area (Å²) < 4.78 is 15.8. The highest BCUT2D eigenvalue weighted by Gasteiger charge is 2.12. The van der Waals surface area contributed by atoms with E-state index in [-0.39, 0.29) is 0 Å². The lowest BCUT2D eigenvalue weighted by Gasteiger charge is -2.13. The number of oxime groups is 1. The van der Waals surface area contributed by atoms with Crippen LogP contribution in [0.4, 0.5) is 0 Å². The molecule has 0 saturated carbocycles. The molecule has 1 aromatic rings. The quantitative estimate of drug-likeness (QED) is 0.505. The van der Waals surface area contributed by atoms with E-state index in [9.17, 15) is 0 Å². The maximum absolute atomic E-state index is 8.74. The lowest BCUT2D eigenvalue weighted by Crippen LogP contribution is -1.97. The highest BCUT2D eigenvalue weighted by atomic mass is 16.5. The molecule has 0 fully saturated rings. The SMILES string of the molecule is COc1cc(/C=C(C)\C(C)=N\O)cc(OC)c1OC. The van der Waals surface area contributed by atoms with Crippen LogP contribution in [0, 0.1) is 0 Å². The second-order valence-electron chi connectivity index (χ2n) is 3.97. The average molecular weight is 265 g/mol. The van der Waals surface area contributed by atoms with Crippen LogP contribution in [-0.4, -0.2) is 32.2 Å². The zero-order valence-corrected chi connectivity index (χ0v) is 11.9. The van der Waals surface area contributed by atoms with Crippen molar-refractivity contribution < 1.29 is 19.4 Å². The van der Waals surface area contributed by atoms with Crippen LogP contribution in [0.5, 0.6) is 17.2 Å². The van der Waals surface area contributed by atoms with Crippen molar-refractivity contribution in [3.8, 4) is 17.2 Å². The molecule has 1 rings (SSSR count). The zero-order chi connectivity index (χ0) is 14.4. The molecule has 0 bridgehead atoms. The van der Waals surface area contributed by atoms with Crippen LogP contribution in [0.1, 0.15) is 19.4 Å². The molecule has 0 heterocycles. The summed E-state index contributed by atoms with van der Waals surface area (Å²) >= 11 is 0. The second kappa shape index (κ2) is 6.68. The van der Waals surface area contributed by atoms with Crippen molar-refractivity contribution in [2.24, 2.45) is 5.16 Å². The van der Waals surface area contributed by atoms with E-state index in [1.165, 1.54) is 0 Å². The lowest BCUT2D eigenvalue weighted by atomic mass is 10.1. The first-order chi connectivity index (χ1) is 9.07. The van der Waals surface area contributed by atoms with Gasteiger partial charge in [-0.15, -0.1) is 0 Å². The van der Waals surface area contributed by atoms with Crippen LogP contribution in [0.3, 0.4) is 0 Å². The van der Waals surface area contributed by atoms with E-state index in [1.54, 1.807) is 28.3 Å². The minimum atomic E-state index is 0.548. The van der Waals surface area contributed by atoms with Gasteiger partial charge in [0.1, 0.15) is 0 Å². The molecule has 5 heteroatoms. The highest BCUT2D eigenvalue weighted by molar-refractivity contribution is 6.01. The fraction of sp³-hybridized carbons (Fsp3) is 0.357. The van der Waals surface area contributed by atoms with Crippen LogP contribution in [0.2, 0.25) is 0 Å². The predicted octanol–water partition coefficient (Wildman–Crippen LogP) is 2.97. The van der Waals surface area contributed by atoms with Crippen LogP contribution in [0.25, 0.3) is 6.08 Å². The smallest absolute Gasteiger partial charge is 0.203 e. The van der Waals surface area contributed by atoms with Gasteiger partial charge in [0.25, 0.3) is 0 Å². The van der Waals surface area contributed by atoms with Crippen molar-refractivity contribution in [3.05, 3.63) is 23.3 Å². The summed E-state index contributed by atoms with van der Waals surface area (Å²) in [6, 6.07) is 3.66. The fourth-order valence-corrected chi connectivity index (χ4v) is 1.62. The Hall–Kier alpha value is -2.17. The normalized spacial score (nSPS) is 12.3. The van der Waals surface area contributed by atoms with E-state index >= 15 is 0 Å². The summed E-state index contributed by atoms with van der Waals surface area (Å²) in [5.74, 6) is 1.71. The number of hydrogen-bond acceptors (Lipinski definition) is 5. The summed E-state index contributed by atoms with van der Waals surface area (Å²) in [6.45, 7) is 3.59. The minimum absolute atomic E-state index is 0.548. The molecule has 0 aliphatic heterocycles. The number of methoxy groups -OCH3 is 3. The number of benzene rings is 1. The molecule has 1 aromatic carbocycles. The average Bonchev–Trinajstić information content (AvgIpc) is 2.44. The molecule has 0 amide bonds. The van der Waals surface area contributed by atoms with E-state index in [4.69, 9.17) is 19.4 Å². The topological polar surface area (TPSA) is 60.3 Å². The molecule has 0 atom stereocenters. The first kappa shape index (κ1) is 14.9. The van der Waals surface area contributed by atoms with Gasteiger partial charge < -0.3 is 19.4 Å². The van der Waals surface area contributed by atoms with Gasteiger partial charge in [-0.05, 0) is 43.2 Å². The van der Waals surface area contributed by atoms with Crippen LogP contribution >= 0.6 is 0 Å². The summed E-state index contributed by atoms with van der Waals surface area (Å²) in [7, 11) is 4.69. The van der Waals surface area contributed by atoms with Gasteiger partial charge in [0.05, 0.1) is 27.0 Å². The monoisotopic (exact) mass is 265 g/mol. The van der Waals surface area contributed by atoms with E-state index in [0.717, 1.165) is 11.1 Å². The van der Waals surface area contributed by atoms with Gasteiger partial charge in [0, 0.05) is 0 Å². The molecule has 0 radical (unpaired) electrons. The van der Waals surface area contributed by atoms with Crippen LogP contribution < -0.4 is 14.2 Å². The number of hydrogen-bond donors (Lipinski definition) is 1. The van der Waals surface area contributed by atoms with Gasteiger partial charge in [-0.1, -0.05) is 5.16 Å². The Kier molecular flexibility index (Phi) is 5.23. The molecule has 5 nitrogen and oxygen atoms in total. The number of ether oxygens (including phenoxy) is 3. The van der Waals surface area contributed by atoms with Crippen molar-refractivity contribution in [1.29, 1.82) is 0 Å². The van der Waals surface area contributed by atoms with Crippen molar-refractivity contribution >= 4 is 11.8 Å². The Bertz CT molecular complexity index is 481. The Morgan fingerprint density at radius 2 is 1.58 bits per heavy atom. The maximum atomic E-state index is 8.74. The van der Waals surface area contributed by atoms with Crippen LogP contribution in [-0.2, 0) is 0 Å². The van der Waals surface area contributed by atoms with Gasteiger partial charge in [-0.25, -0.2) is 0 Å². The lowest BCUT2D eigenvalue weighted by molar-refractivity contribution is 0.319. The highest BCUT2D eigenvalue weighted by Crippen LogP contribution is 2.38. The van der Waals surface area contributed by atoms with E-state index < -0.39 is 0 Å². The molecular formula is C14H19NO4. The molecule has 0 aromatic heterocycles. The van der Waals surface area contributed by atoms with Crippen molar-refractivity contribution in [3.63, 3.8) is 0 Å². The minimum Gasteiger partial charge on any atom is -0.493 e. The molecule has 0 saturated heterocycles. The third-order valence-corrected chi connectivity index (χ3v) is 2.79. The van der Waals surface area contributed by atoms with Gasteiger partial charge in [0.2, 0.25) is 5.75 Å². The molecular weight excluding hydrogens is 246 g/mol. The first-order valence-electron chi connectivity index (χ1n) is 5.74. The van der Waals surface area contributed by atoms with Crippen molar-refractivity contribution in [2.75, 3.05) is 21.3 Å². The van der Waals surface area contributed by atoms with E-state index in [1.807, 2.05) is 25.1 Å². The molecule has 104 valence electrons. The number of nitrogens with zero attached hydrogens (tertiary/aromatic N) is 1. The molecule has 0 aliphatic rings. The van der Waals surface area contributed by atoms with Gasteiger partial charge in [-0.2, -0.15) is 0 Å². The third kappa shape index (κ3) is 3.40. The molecule has 0 unspecified atom stereocenters. The summed E-state index contributed by atoms with van der Waals surface area (Å²) in [5.41, 5.74) is 2.26. The van der Waals surface area contributed by atoms with Crippen molar-refractivity contribution in [2.45, 2.75) is 13.8 Å².